The highest BCUT2D eigenvalue weighted by Gasteiger charge is 2.28. The van der Waals surface area contributed by atoms with Gasteiger partial charge in [0.15, 0.2) is 0 Å². The SMILES string of the molecule is CCOC(=O)C(SC#N)C(N)Cc1cccs1. The summed E-state index contributed by atoms with van der Waals surface area (Å²) in [6, 6.07) is 3.49. The number of carbonyl (C=O) groups is 1. The van der Waals surface area contributed by atoms with Crippen LogP contribution in [0, 0.1) is 10.7 Å². The average Bonchev–Trinajstić information content (AvgIpc) is 2.78. The Morgan fingerprint density at radius 1 is 1.76 bits per heavy atom. The van der Waals surface area contributed by atoms with E-state index in [4.69, 9.17) is 15.7 Å². The minimum atomic E-state index is -0.623. The topological polar surface area (TPSA) is 76.1 Å². The maximum absolute atomic E-state index is 11.6. The fraction of sp³-hybridized carbons (Fsp3) is 0.455. The van der Waals surface area contributed by atoms with Crippen molar-refractivity contribution in [3.05, 3.63) is 22.4 Å². The van der Waals surface area contributed by atoms with Gasteiger partial charge in [-0.05, 0) is 36.6 Å². The zero-order valence-electron chi connectivity index (χ0n) is 9.46. The average molecular weight is 270 g/mol. The van der Waals surface area contributed by atoms with Gasteiger partial charge in [0.2, 0.25) is 0 Å². The molecule has 0 radical (unpaired) electrons. The van der Waals surface area contributed by atoms with Gasteiger partial charge in [0.1, 0.15) is 10.7 Å². The Morgan fingerprint density at radius 3 is 3.06 bits per heavy atom. The van der Waals surface area contributed by atoms with Gasteiger partial charge in [-0.1, -0.05) is 6.07 Å². The van der Waals surface area contributed by atoms with E-state index in [9.17, 15) is 4.79 Å². The van der Waals surface area contributed by atoms with E-state index in [1.54, 1.807) is 18.3 Å². The fourth-order valence-electron chi connectivity index (χ4n) is 1.36. The van der Waals surface area contributed by atoms with E-state index >= 15 is 0 Å². The Bertz CT molecular complexity index is 387. The zero-order chi connectivity index (χ0) is 12.7. The molecule has 0 amide bonds. The molecular formula is C11H14N2O2S2. The second-order valence-corrected chi connectivity index (χ2v) is 5.29. The summed E-state index contributed by atoms with van der Waals surface area (Å²) in [6.07, 6.45) is 0.579. The number of thiophene rings is 1. The number of hydrogen-bond donors (Lipinski definition) is 1. The fourth-order valence-corrected chi connectivity index (χ4v) is 2.69. The molecule has 2 atom stereocenters. The van der Waals surface area contributed by atoms with Crippen molar-refractivity contribution in [3.8, 4) is 5.40 Å². The Kier molecular flexibility index (Phi) is 6.05. The Morgan fingerprint density at radius 2 is 2.53 bits per heavy atom. The van der Waals surface area contributed by atoms with Gasteiger partial charge in [-0.3, -0.25) is 4.79 Å². The predicted molar refractivity (Wildman–Crippen MR) is 69.6 cm³/mol. The minimum absolute atomic E-state index is 0.299. The molecule has 4 nitrogen and oxygen atoms in total. The van der Waals surface area contributed by atoms with Crippen LogP contribution < -0.4 is 5.73 Å². The van der Waals surface area contributed by atoms with Crippen LogP contribution in [0.1, 0.15) is 11.8 Å². The number of hydrogen-bond acceptors (Lipinski definition) is 6. The third kappa shape index (κ3) is 4.38. The van der Waals surface area contributed by atoms with Crippen molar-refractivity contribution in [1.29, 1.82) is 5.26 Å². The van der Waals surface area contributed by atoms with Crippen molar-refractivity contribution in [2.45, 2.75) is 24.6 Å². The van der Waals surface area contributed by atoms with Crippen molar-refractivity contribution < 1.29 is 9.53 Å². The van der Waals surface area contributed by atoms with Crippen LogP contribution in [0.25, 0.3) is 0 Å². The van der Waals surface area contributed by atoms with E-state index in [0.29, 0.717) is 13.0 Å². The van der Waals surface area contributed by atoms with E-state index < -0.39 is 17.3 Å². The van der Waals surface area contributed by atoms with Gasteiger partial charge >= 0.3 is 5.97 Å². The summed E-state index contributed by atoms with van der Waals surface area (Å²) in [5.74, 6) is -0.414. The molecule has 2 unspecified atom stereocenters. The summed E-state index contributed by atoms with van der Waals surface area (Å²) < 4.78 is 4.91. The lowest BCUT2D eigenvalue weighted by Crippen LogP contribution is -2.40. The summed E-state index contributed by atoms with van der Waals surface area (Å²) in [7, 11) is 0. The van der Waals surface area contributed by atoms with Crippen LogP contribution >= 0.6 is 23.1 Å². The Hall–Kier alpha value is -1.03. The number of ether oxygens (including phenoxy) is 1. The number of nitriles is 1. The Balaban J connectivity index is 2.63. The van der Waals surface area contributed by atoms with Gasteiger partial charge < -0.3 is 10.5 Å². The molecule has 92 valence electrons. The van der Waals surface area contributed by atoms with Gasteiger partial charge in [-0.25, -0.2) is 0 Å². The molecule has 2 N–H and O–H groups in total. The molecule has 0 fully saturated rings. The lowest BCUT2D eigenvalue weighted by atomic mass is 10.1. The van der Waals surface area contributed by atoms with Crippen LogP contribution in [0.2, 0.25) is 0 Å². The molecule has 1 heterocycles. The molecule has 0 saturated heterocycles. The molecular weight excluding hydrogens is 256 g/mol. The lowest BCUT2D eigenvalue weighted by molar-refractivity contribution is -0.142. The number of nitrogens with zero attached hydrogens (tertiary/aromatic N) is 1. The summed E-state index contributed by atoms with van der Waals surface area (Å²) in [6.45, 7) is 2.03. The highest BCUT2D eigenvalue weighted by molar-refractivity contribution is 8.05. The van der Waals surface area contributed by atoms with E-state index in [1.807, 2.05) is 22.9 Å². The summed E-state index contributed by atoms with van der Waals surface area (Å²) in [4.78, 5) is 12.7. The van der Waals surface area contributed by atoms with Crippen molar-refractivity contribution in [2.24, 2.45) is 5.73 Å². The molecule has 0 aliphatic carbocycles. The minimum Gasteiger partial charge on any atom is -0.465 e. The lowest BCUT2D eigenvalue weighted by Gasteiger charge is -2.18. The maximum Gasteiger partial charge on any atom is 0.321 e. The van der Waals surface area contributed by atoms with Crippen LogP contribution in [0.3, 0.4) is 0 Å². The Labute approximate surface area is 109 Å². The van der Waals surface area contributed by atoms with Gasteiger partial charge in [-0.15, -0.1) is 11.3 Å². The maximum atomic E-state index is 11.6. The van der Waals surface area contributed by atoms with Crippen LogP contribution in [-0.2, 0) is 16.0 Å². The summed E-state index contributed by atoms with van der Waals surface area (Å²) in [5, 5.41) is 11.9. The molecule has 0 spiro atoms. The first kappa shape index (κ1) is 14.0. The highest BCUT2D eigenvalue weighted by atomic mass is 32.2. The normalized spacial score (nSPS) is 13.7. The number of thioether (sulfide) groups is 1. The van der Waals surface area contributed by atoms with Crippen LogP contribution in [-0.4, -0.2) is 23.9 Å². The van der Waals surface area contributed by atoms with E-state index in [0.717, 1.165) is 16.6 Å². The second kappa shape index (κ2) is 7.33. The molecule has 1 rings (SSSR count). The molecule has 0 saturated carbocycles. The van der Waals surface area contributed by atoms with E-state index in [1.165, 1.54) is 0 Å². The summed E-state index contributed by atoms with van der Waals surface area (Å²) >= 11 is 2.45. The quantitative estimate of drug-likeness (QED) is 0.629. The number of nitrogens with two attached hydrogens (primary N) is 1. The monoisotopic (exact) mass is 270 g/mol. The molecule has 0 aromatic carbocycles. The first-order chi connectivity index (χ1) is 8.19. The van der Waals surface area contributed by atoms with Crippen molar-refractivity contribution in [2.75, 3.05) is 6.61 Å². The molecule has 17 heavy (non-hydrogen) atoms. The molecule has 0 bridgehead atoms. The first-order valence-corrected chi connectivity index (χ1v) is 6.94. The van der Waals surface area contributed by atoms with Crippen LogP contribution in [0.15, 0.2) is 17.5 Å². The number of thiocyanates is 1. The number of esters is 1. The zero-order valence-corrected chi connectivity index (χ0v) is 11.1. The van der Waals surface area contributed by atoms with E-state index in [-0.39, 0.29) is 0 Å². The van der Waals surface area contributed by atoms with Crippen molar-refractivity contribution in [1.82, 2.24) is 0 Å². The molecule has 1 aromatic rings. The van der Waals surface area contributed by atoms with E-state index in [2.05, 4.69) is 0 Å². The predicted octanol–water partition coefficient (Wildman–Crippen LogP) is 1.76. The standard InChI is InChI=1S/C11H14N2O2S2/c1-2-15-11(14)10(17-7-12)9(13)6-8-4-3-5-16-8/h3-5,9-10H,2,6,13H2,1H3. The van der Waals surface area contributed by atoms with Gasteiger partial charge in [-0.2, -0.15) is 5.26 Å². The smallest absolute Gasteiger partial charge is 0.321 e. The summed E-state index contributed by atoms with van der Waals surface area (Å²) in [5.41, 5.74) is 5.96. The molecule has 0 aliphatic heterocycles. The van der Waals surface area contributed by atoms with Crippen LogP contribution in [0.5, 0.6) is 0 Å². The van der Waals surface area contributed by atoms with Gasteiger partial charge in [0.05, 0.1) is 6.61 Å². The first-order valence-electron chi connectivity index (χ1n) is 5.18. The highest BCUT2D eigenvalue weighted by Crippen LogP contribution is 2.19. The number of rotatable bonds is 6. The molecule has 1 aromatic heterocycles. The third-order valence-electron chi connectivity index (χ3n) is 2.10. The molecule has 6 heteroatoms. The molecule has 0 aliphatic rings. The van der Waals surface area contributed by atoms with Crippen molar-refractivity contribution in [3.63, 3.8) is 0 Å². The van der Waals surface area contributed by atoms with Crippen LogP contribution in [0.4, 0.5) is 0 Å². The van der Waals surface area contributed by atoms with Gasteiger partial charge in [0.25, 0.3) is 0 Å². The largest absolute Gasteiger partial charge is 0.465 e. The van der Waals surface area contributed by atoms with Crippen molar-refractivity contribution >= 4 is 29.1 Å². The second-order valence-electron chi connectivity index (χ2n) is 3.33. The van der Waals surface area contributed by atoms with Gasteiger partial charge in [0, 0.05) is 10.9 Å². The third-order valence-corrected chi connectivity index (χ3v) is 3.90. The number of carbonyl (C=O) groups excluding carboxylic acids is 1.